The highest BCUT2D eigenvalue weighted by Gasteiger charge is 2.39. The van der Waals surface area contributed by atoms with Crippen molar-refractivity contribution in [3.05, 3.63) is 59.9 Å². The summed E-state index contributed by atoms with van der Waals surface area (Å²) in [6.07, 6.45) is 1.18. The van der Waals surface area contributed by atoms with Gasteiger partial charge in [0.25, 0.3) is 0 Å². The van der Waals surface area contributed by atoms with Crippen LogP contribution in [0.3, 0.4) is 0 Å². The number of ether oxygens (including phenoxy) is 1. The molecule has 174 valence electrons. The Morgan fingerprint density at radius 2 is 1.97 bits per heavy atom. The van der Waals surface area contributed by atoms with Gasteiger partial charge < -0.3 is 20.3 Å². The minimum Gasteiger partial charge on any atom is -0.497 e. The maximum atomic E-state index is 13.0. The Balaban J connectivity index is 1.27. The van der Waals surface area contributed by atoms with Crippen LogP contribution in [0.25, 0.3) is 0 Å². The van der Waals surface area contributed by atoms with Crippen molar-refractivity contribution in [3.63, 3.8) is 0 Å². The molecule has 0 radical (unpaired) electrons. The fourth-order valence-electron chi connectivity index (χ4n) is 4.20. The molecular weight excluding hydrogens is 427 g/mol. The highest BCUT2D eigenvalue weighted by Crippen LogP contribution is 2.25. The zero-order valence-corrected chi connectivity index (χ0v) is 18.4. The lowest BCUT2D eigenvalue weighted by molar-refractivity contribution is -0.132. The smallest absolute Gasteiger partial charge is 0.322 e. The van der Waals surface area contributed by atoms with Crippen molar-refractivity contribution >= 4 is 23.5 Å². The molecule has 2 aliphatic heterocycles. The highest BCUT2D eigenvalue weighted by atomic mass is 19.1. The van der Waals surface area contributed by atoms with Gasteiger partial charge in [0.05, 0.1) is 19.6 Å². The van der Waals surface area contributed by atoms with E-state index in [4.69, 9.17) is 4.74 Å². The van der Waals surface area contributed by atoms with Crippen molar-refractivity contribution in [2.45, 2.75) is 18.9 Å². The molecule has 33 heavy (non-hydrogen) atoms. The molecule has 2 saturated heterocycles. The lowest BCUT2D eigenvalue weighted by Gasteiger charge is -2.20. The van der Waals surface area contributed by atoms with Gasteiger partial charge in [0, 0.05) is 31.4 Å². The van der Waals surface area contributed by atoms with E-state index in [2.05, 4.69) is 10.6 Å². The molecule has 0 bridgehead atoms. The highest BCUT2D eigenvalue weighted by molar-refractivity contribution is 6.00. The predicted octanol–water partition coefficient (Wildman–Crippen LogP) is 1.94. The summed E-state index contributed by atoms with van der Waals surface area (Å²) in [6.45, 7) is 1.46. The first-order valence-electron chi connectivity index (χ1n) is 11.0. The number of carbonyl (C=O) groups is 3. The molecule has 2 aliphatic rings. The van der Waals surface area contributed by atoms with Crippen LogP contribution in [0.2, 0.25) is 0 Å². The average molecular weight is 455 g/mol. The molecule has 4 rings (SSSR count). The van der Waals surface area contributed by atoms with Crippen LogP contribution in [0.4, 0.5) is 14.9 Å². The van der Waals surface area contributed by atoms with Gasteiger partial charge in [-0.25, -0.2) is 9.18 Å². The maximum absolute atomic E-state index is 13.0. The van der Waals surface area contributed by atoms with Gasteiger partial charge in [0.1, 0.15) is 17.6 Å². The molecule has 0 saturated carbocycles. The van der Waals surface area contributed by atoms with Crippen LogP contribution in [0.1, 0.15) is 12.0 Å². The van der Waals surface area contributed by atoms with Crippen LogP contribution in [0.5, 0.6) is 5.75 Å². The quantitative estimate of drug-likeness (QED) is 0.669. The number of nitrogens with one attached hydrogen (secondary N) is 2. The standard InChI is InChI=1S/C24H27FN4O4/c1-33-20-4-2-3-19(13-20)29-15-21(27-24(29)32)23(31)28-12-10-17(14-28)22(30)26-11-9-16-5-7-18(25)8-6-16/h2-8,13,17,21H,9-12,14-15H2,1H3,(H,26,30)(H,27,32). The van der Waals surface area contributed by atoms with Gasteiger partial charge in [0.15, 0.2) is 0 Å². The second kappa shape index (κ2) is 9.89. The van der Waals surface area contributed by atoms with Gasteiger partial charge in [-0.1, -0.05) is 18.2 Å². The number of amides is 4. The second-order valence-corrected chi connectivity index (χ2v) is 8.25. The number of carbonyl (C=O) groups excluding carboxylic acids is 3. The van der Waals surface area contributed by atoms with Crippen LogP contribution in [0, 0.1) is 11.7 Å². The molecule has 4 amide bonds. The summed E-state index contributed by atoms with van der Waals surface area (Å²) >= 11 is 0. The number of rotatable bonds is 7. The minimum absolute atomic E-state index is 0.0964. The van der Waals surface area contributed by atoms with Gasteiger partial charge in [-0.15, -0.1) is 0 Å². The Kier molecular flexibility index (Phi) is 6.76. The Bertz CT molecular complexity index is 1030. The van der Waals surface area contributed by atoms with E-state index in [1.807, 2.05) is 0 Å². The molecule has 0 aromatic heterocycles. The summed E-state index contributed by atoms with van der Waals surface area (Å²) in [6, 6.07) is 12.3. The van der Waals surface area contributed by atoms with Crippen molar-refractivity contribution in [1.82, 2.24) is 15.5 Å². The Morgan fingerprint density at radius 1 is 1.18 bits per heavy atom. The summed E-state index contributed by atoms with van der Waals surface area (Å²) in [4.78, 5) is 41.1. The first-order valence-corrected chi connectivity index (χ1v) is 11.0. The number of nitrogens with zero attached hydrogens (tertiary/aromatic N) is 2. The number of likely N-dealkylation sites (tertiary alicyclic amines) is 1. The van der Waals surface area contributed by atoms with Crippen LogP contribution in [0.15, 0.2) is 48.5 Å². The van der Waals surface area contributed by atoms with Crippen molar-refractivity contribution < 1.29 is 23.5 Å². The SMILES string of the molecule is COc1cccc(N2CC(C(=O)N3CCC(C(=O)NCCc4ccc(F)cc4)C3)NC2=O)c1. The fraction of sp³-hybridized carbons (Fsp3) is 0.375. The summed E-state index contributed by atoms with van der Waals surface area (Å²) < 4.78 is 18.2. The normalized spacial score (nSPS) is 20.0. The lowest BCUT2D eigenvalue weighted by Crippen LogP contribution is -2.45. The number of halogens is 1. The van der Waals surface area contributed by atoms with E-state index >= 15 is 0 Å². The molecule has 2 atom stereocenters. The van der Waals surface area contributed by atoms with Gasteiger partial charge in [-0.2, -0.15) is 0 Å². The van der Waals surface area contributed by atoms with E-state index in [1.54, 1.807) is 48.4 Å². The molecule has 9 heteroatoms. The van der Waals surface area contributed by atoms with Crippen molar-refractivity contribution in [2.75, 3.05) is 38.2 Å². The minimum atomic E-state index is -0.663. The van der Waals surface area contributed by atoms with E-state index in [0.29, 0.717) is 43.9 Å². The fourth-order valence-corrected chi connectivity index (χ4v) is 4.20. The molecule has 0 aliphatic carbocycles. The molecule has 8 nitrogen and oxygen atoms in total. The van der Waals surface area contributed by atoms with Crippen molar-refractivity contribution in [1.29, 1.82) is 0 Å². The van der Waals surface area contributed by atoms with Crippen LogP contribution in [-0.2, 0) is 16.0 Å². The number of urea groups is 1. The topological polar surface area (TPSA) is 91.0 Å². The van der Waals surface area contributed by atoms with Gasteiger partial charge >= 0.3 is 6.03 Å². The van der Waals surface area contributed by atoms with Crippen LogP contribution in [-0.4, -0.2) is 62.1 Å². The number of anilines is 1. The maximum Gasteiger partial charge on any atom is 0.322 e. The molecular formula is C24H27FN4O4. The van der Waals surface area contributed by atoms with E-state index < -0.39 is 6.04 Å². The Hall–Kier alpha value is -3.62. The third kappa shape index (κ3) is 5.24. The first-order chi connectivity index (χ1) is 15.9. The Morgan fingerprint density at radius 3 is 2.73 bits per heavy atom. The zero-order chi connectivity index (χ0) is 23.4. The van der Waals surface area contributed by atoms with Crippen molar-refractivity contribution in [3.8, 4) is 5.75 Å². The molecule has 2 N–H and O–H groups in total. The molecule has 0 spiro atoms. The van der Waals surface area contributed by atoms with E-state index in [9.17, 15) is 18.8 Å². The second-order valence-electron chi connectivity index (χ2n) is 8.25. The number of hydrogen-bond acceptors (Lipinski definition) is 4. The van der Waals surface area contributed by atoms with E-state index in [1.165, 1.54) is 17.0 Å². The summed E-state index contributed by atoms with van der Waals surface area (Å²) in [7, 11) is 1.55. The summed E-state index contributed by atoms with van der Waals surface area (Å²) in [5.74, 6) is -0.225. The summed E-state index contributed by atoms with van der Waals surface area (Å²) in [5, 5.41) is 5.65. The summed E-state index contributed by atoms with van der Waals surface area (Å²) in [5.41, 5.74) is 1.60. The van der Waals surface area contributed by atoms with Gasteiger partial charge in [-0.3, -0.25) is 14.5 Å². The van der Waals surface area contributed by atoms with Gasteiger partial charge in [-0.05, 0) is 42.7 Å². The van der Waals surface area contributed by atoms with Gasteiger partial charge in [0.2, 0.25) is 11.8 Å². The molecule has 2 aromatic carbocycles. The molecule has 2 heterocycles. The molecule has 2 fully saturated rings. The average Bonchev–Trinajstić information content (AvgIpc) is 3.47. The van der Waals surface area contributed by atoms with Crippen molar-refractivity contribution in [2.24, 2.45) is 5.92 Å². The first kappa shape index (κ1) is 22.6. The van der Waals surface area contributed by atoms with E-state index in [-0.39, 0.29) is 36.1 Å². The number of methoxy groups -OCH3 is 1. The van der Waals surface area contributed by atoms with E-state index in [0.717, 1.165) is 5.56 Å². The number of hydrogen-bond donors (Lipinski definition) is 2. The zero-order valence-electron chi connectivity index (χ0n) is 18.4. The lowest BCUT2D eigenvalue weighted by atomic mass is 10.1. The van der Waals surface area contributed by atoms with Crippen LogP contribution >= 0.6 is 0 Å². The molecule has 2 unspecified atom stereocenters. The van der Waals surface area contributed by atoms with Crippen LogP contribution < -0.4 is 20.3 Å². The third-order valence-electron chi connectivity index (χ3n) is 6.07. The largest absolute Gasteiger partial charge is 0.497 e. The molecule has 2 aromatic rings. The monoisotopic (exact) mass is 454 g/mol. The predicted molar refractivity (Wildman–Crippen MR) is 120 cm³/mol. The number of benzene rings is 2. The third-order valence-corrected chi connectivity index (χ3v) is 6.07. The Labute approximate surface area is 191 Å².